The molecule has 0 unspecified atom stereocenters. The minimum atomic E-state index is -1.03. The standard InChI is InChI=1S/C12H11ClN2O3/c1-15-6-5-11(14-15)18-7-9-8(12(16)17)3-2-4-10(9)13/h2-6H,7H2,1H3,(H,16,17). The molecule has 0 bridgehead atoms. The maximum Gasteiger partial charge on any atom is 0.336 e. The van der Waals surface area contributed by atoms with E-state index in [0.29, 0.717) is 16.5 Å². The van der Waals surface area contributed by atoms with Crippen LogP contribution in [0.4, 0.5) is 0 Å². The number of ether oxygens (including phenoxy) is 1. The van der Waals surface area contributed by atoms with Crippen LogP contribution in [0, 0.1) is 0 Å². The van der Waals surface area contributed by atoms with Gasteiger partial charge in [-0.1, -0.05) is 17.7 Å². The number of benzene rings is 1. The molecule has 0 aliphatic carbocycles. The van der Waals surface area contributed by atoms with Crippen molar-refractivity contribution >= 4 is 17.6 Å². The van der Waals surface area contributed by atoms with Crippen molar-refractivity contribution in [1.29, 1.82) is 0 Å². The van der Waals surface area contributed by atoms with Crippen LogP contribution in [0.5, 0.6) is 5.88 Å². The van der Waals surface area contributed by atoms with Gasteiger partial charge in [0.15, 0.2) is 0 Å². The van der Waals surface area contributed by atoms with Gasteiger partial charge in [0.2, 0.25) is 5.88 Å². The number of hydrogen-bond acceptors (Lipinski definition) is 3. The molecule has 0 spiro atoms. The molecule has 0 saturated carbocycles. The first kappa shape index (κ1) is 12.4. The van der Waals surface area contributed by atoms with Crippen LogP contribution in [0.3, 0.4) is 0 Å². The van der Waals surface area contributed by atoms with Crippen LogP contribution in [0.25, 0.3) is 0 Å². The van der Waals surface area contributed by atoms with E-state index in [1.165, 1.54) is 6.07 Å². The number of nitrogens with zero attached hydrogens (tertiary/aromatic N) is 2. The molecule has 94 valence electrons. The molecule has 1 N–H and O–H groups in total. The molecule has 1 aromatic carbocycles. The summed E-state index contributed by atoms with van der Waals surface area (Å²) in [5.41, 5.74) is 0.579. The summed E-state index contributed by atoms with van der Waals surface area (Å²) in [7, 11) is 1.77. The lowest BCUT2D eigenvalue weighted by Gasteiger charge is -2.08. The van der Waals surface area contributed by atoms with Crippen molar-refractivity contribution in [3.8, 4) is 5.88 Å². The van der Waals surface area contributed by atoms with Gasteiger partial charge in [0.1, 0.15) is 6.61 Å². The van der Waals surface area contributed by atoms with Gasteiger partial charge < -0.3 is 9.84 Å². The summed E-state index contributed by atoms with van der Waals surface area (Å²) in [5, 5.41) is 13.5. The van der Waals surface area contributed by atoms with Gasteiger partial charge in [-0.2, -0.15) is 0 Å². The Hall–Kier alpha value is -2.01. The molecular formula is C12H11ClN2O3. The van der Waals surface area contributed by atoms with Gasteiger partial charge in [-0.05, 0) is 12.1 Å². The van der Waals surface area contributed by atoms with E-state index in [2.05, 4.69) is 5.10 Å². The third-order valence-electron chi connectivity index (χ3n) is 2.40. The Labute approximate surface area is 109 Å². The fourth-order valence-electron chi connectivity index (χ4n) is 1.52. The highest BCUT2D eigenvalue weighted by Gasteiger charge is 2.13. The van der Waals surface area contributed by atoms with Crippen LogP contribution in [0.1, 0.15) is 15.9 Å². The van der Waals surface area contributed by atoms with Crippen LogP contribution in [0.15, 0.2) is 30.5 Å². The summed E-state index contributed by atoms with van der Waals surface area (Å²) >= 11 is 5.98. The van der Waals surface area contributed by atoms with Crippen molar-refractivity contribution in [3.63, 3.8) is 0 Å². The molecule has 0 aliphatic rings. The van der Waals surface area contributed by atoms with Gasteiger partial charge in [-0.3, -0.25) is 4.68 Å². The van der Waals surface area contributed by atoms with Crippen LogP contribution in [0.2, 0.25) is 5.02 Å². The zero-order valence-corrected chi connectivity index (χ0v) is 10.4. The van der Waals surface area contributed by atoms with Gasteiger partial charge in [-0.15, -0.1) is 5.10 Å². The Balaban J connectivity index is 2.20. The molecular weight excluding hydrogens is 256 g/mol. The van der Waals surface area contributed by atoms with E-state index in [4.69, 9.17) is 21.4 Å². The Morgan fingerprint density at radius 1 is 1.50 bits per heavy atom. The predicted octanol–water partition coefficient (Wildman–Crippen LogP) is 2.35. The average Bonchev–Trinajstić information content (AvgIpc) is 2.73. The first-order valence-corrected chi connectivity index (χ1v) is 5.59. The van der Waals surface area contributed by atoms with E-state index in [0.717, 1.165) is 0 Å². The van der Waals surface area contributed by atoms with Crippen LogP contribution in [-0.2, 0) is 13.7 Å². The number of aromatic carboxylic acids is 1. The van der Waals surface area contributed by atoms with E-state index < -0.39 is 5.97 Å². The molecule has 18 heavy (non-hydrogen) atoms. The fourth-order valence-corrected chi connectivity index (χ4v) is 1.75. The molecule has 0 fully saturated rings. The molecule has 0 amide bonds. The summed E-state index contributed by atoms with van der Waals surface area (Å²) in [4.78, 5) is 11.1. The van der Waals surface area contributed by atoms with Crippen molar-refractivity contribution in [2.75, 3.05) is 0 Å². The highest BCUT2D eigenvalue weighted by atomic mass is 35.5. The van der Waals surface area contributed by atoms with E-state index >= 15 is 0 Å². The second-order valence-electron chi connectivity index (χ2n) is 3.69. The van der Waals surface area contributed by atoms with Crippen molar-refractivity contribution in [2.45, 2.75) is 6.61 Å². The highest BCUT2D eigenvalue weighted by Crippen LogP contribution is 2.22. The first-order valence-electron chi connectivity index (χ1n) is 5.21. The third kappa shape index (κ3) is 2.62. The predicted molar refractivity (Wildman–Crippen MR) is 66.0 cm³/mol. The quantitative estimate of drug-likeness (QED) is 0.923. The lowest BCUT2D eigenvalue weighted by Crippen LogP contribution is -2.06. The Bertz CT molecular complexity index is 580. The zero-order chi connectivity index (χ0) is 13.1. The smallest absolute Gasteiger partial charge is 0.336 e. The van der Waals surface area contributed by atoms with E-state index in [-0.39, 0.29) is 12.2 Å². The Morgan fingerprint density at radius 3 is 2.89 bits per heavy atom. The van der Waals surface area contributed by atoms with Crippen molar-refractivity contribution in [1.82, 2.24) is 9.78 Å². The molecule has 0 saturated heterocycles. The highest BCUT2D eigenvalue weighted by molar-refractivity contribution is 6.31. The monoisotopic (exact) mass is 266 g/mol. The fraction of sp³-hybridized carbons (Fsp3) is 0.167. The van der Waals surface area contributed by atoms with Gasteiger partial charge in [0.05, 0.1) is 5.56 Å². The van der Waals surface area contributed by atoms with Gasteiger partial charge in [-0.25, -0.2) is 4.79 Å². The normalized spacial score (nSPS) is 10.3. The van der Waals surface area contributed by atoms with E-state index in [1.807, 2.05) is 0 Å². The number of aromatic nitrogens is 2. The van der Waals surface area contributed by atoms with Crippen LogP contribution >= 0.6 is 11.6 Å². The number of aryl methyl sites for hydroxylation is 1. The van der Waals surface area contributed by atoms with Crippen molar-refractivity contribution in [2.24, 2.45) is 7.05 Å². The largest absolute Gasteiger partial charge is 0.478 e. The van der Waals surface area contributed by atoms with Crippen molar-refractivity contribution < 1.29 is 14.6 Å². The third-order valence-corrected chi connectivity index (χ3v) is 2.76. The summed E-state index contributed by atoms with van der Waals surface area (Å²) < 4.78 is 7.00. The summed E-state index contributed by atoms with van der Waals surface area (Å²) in [6.45, 7) is 0.0678. The van der Waals surface area contributed by atoms with E-state index in [9.17, 15) is 4.79 Å². The first-order chi connectivity index (χ1) is 8.58. The lowest BCUT2D eigenvalue weighted by molar-refractivity contribution is 0.0694. The van der Waals surface area contributed by atoms with Crippen LogP contribution < -0.4 is 4.74 Å². The molecule has 5 nitrogen and oxygen atoms in total. The summed E-state index contributed by atoms with van der Waals surface area (Å²) in [6.07, 6.45) is 1.74. The Kier molecular flexibility index (Phi) is 3.53. The molecule has 2 rings (SSSR count). The lowest BCUT2D eigenvalue weighted by atomic mass is 10.1. The zero-order valence-electron chi connectivity index (χ0n) is 9.63. The van der Waals surface area contributed by atoms with Gasteiger partial charge in [0.25, 0.3) is 0 Å². The number of rotatable bonds is 4. The molecule has 0 radical (unpaired) electrons. The average molecular weight is 267 g/mol. The van der Waals surface area contributed by atoms with E-state index in [1.54, 1.807) is 36.1 Å². The minimum absolute atomic E-state index is 0.0678. The molecule has 1 aromatic heterocycles. The molecule has 2 aromatic rings. The number of carboxylic acid groups (broad SMARTS) is 1. The van der Waals surface area contributed by atoms with Crippen LogP contribution in [-0.4, -0.2) is 20.9 Å². The second-order valence-corrected chi connectivity index (χ2v) is 4.09. The summed E-state index contributed by atoms with van der Waals surface area (Å²) in [6, 6.07) is 6.41. The number of carboxylic acids is 1. The topological polar surface area (TPSA) is 64.3 Å². The maximum atomic E-state index is 11.1. The second kappa shape index (κ2) is 5.10. The molecule has 1 heterocycles. The SMILES string of the molecule is Cn1ccc(OCc2c(Cl)cccc2C(=O)O)n1. The number of hydrogen-bond donors (Lipinski definition) is 1. The number of halogens is 1. The Morgan fingerprint density at radius 2 is 2.28 bits per heavy atom. The minimum Gasteiger partial charge on any atom is -0.478 e. The van der Waals surface area contributed by atoms with Gasteiger partial charge >= 0.3 is 5.97 Å². The summed E-state index contributed by atoms with van der Waals surface area (Å²) in [5.74, 6) is -0.606. The maximum absolute atomic E-state index is 11.1. The number of carbonyl (C=O) groups is 1. The molecule has 0 atom stereocenters. The molecule has 6 heteroatoms. The van der Waals surface area contributed by atoms with Gasteiger partial charge in [0, 0.05) is 29.9 Å². The molecule has 0 aliphatic heterocycles. The van der Waals surface area contributed by atoms with Crippen molar-refractivity contribution in [3.05, 3.63) is 46.6 Å².